The maximum Gasteiger partial charge on any atom is 0.223 e. The van der Waals surface area contributed by atoms with E-state index >= 15 is 0 Å². The second-order valence-electron chi connectivity index (χ2n) is 9.76. The smallest absolute Gasteiger partial charge is 0.223 e. The van der Waals surface area contributed by atoms with Crippen molar-refractivity contribution in [3.05, 3.63) is 58.8 Å². The highest BCUT2D eigenvalue weighted by Gasteiger charge is 2.23. The van der Waals surface area contributed by atoms with Crippen molar-refractivity contribution in [3.8, 4) is 0 Å². The average Bonchev–Trinajstić information content (AvgIpc) is 3.22. The molecule has 1 aromatic carbocycles. The molecule has 4 aromatic rings. The van der Waals surface area contributed by atoms with Crippen LogP contribution in [-0.4, -0.2) is 61.6 Å². The van der Waals surface area contributed by atoms with Gasteiger partial charge in [-0.2, -0.15) is 5.10 Å². The number of nitrogens with zero attached hydrogens (tertiary/aromatic N) is 7. The first-order valence-electron chi connectivity index (χ1n) is 12.4. The van der Waals surface area contributed by atoms with E-state index in [1.54, 1.807) is 0 Å². The molecule has 0 spiro atoms. The van der Waals surface area contributed by atoms with Crippen molar-refractivity contribution in [1.29, 1.82) is 0 Å². The van der Waals surface area contributed by atoms with Crippen LogP contribution in [-0.2, 0) is 11.2 Å². The summed E-state index contributed by atoms with van der Waals surface area (Å²) in [5.41, 5.74) is 5.93. The molecule has 5 rings (SSSR count). The van der Waals surface area contributed by atoms with E-state index in [0.717, 1.165) is 63.9 Å². The van der Waals surface area contributed by atoms with Crippen LogP contribution in [0.5, 0.6) is 0 Å². The summed E-state index contributed by atoms with van der Waals surface area (Å²) in [5, 5.41) is 5.79. The van der Waals surface area contributed by atoms with Gasteiger partial charge in [0, 0.05) is 67.1 Å². The van der Waals surface area contributed by atoms with Crippen LogP contribution < -0.4 is 4.90 Å². The molecule has 1 amide bonds. The number of amides is 1. The van der Waals surface area contributed by atoms with Gasteiger partial charge in [-0.1, -0.05) is 26.0 Å². The first-order valence-corrected chi connectivity index (χ1v) is 12.4. The lowest BCUT2D eigenvalue weighted by atomic mass is 10.1. The fourth-order valence-corrected chi connectivity index (χ4v) is 4.91. The lowest BCUT2D eigenvalue weighted by Gasteiger charge is -2.35. The number of piperazine rings is 1. The van der Waals surface area contributed by atoms with E-state index in [1.807, 2.05) is 47.5 Å². The molecule has 4 heterocycles. The van der Waals surface area contributed by atoms with Crippen molar-refractivity contribution in [3.63, 3.8) is 0 Å². The highest BCUT2D eigenvalue weighted by molar-refractivity contribution is 5.92. The zero-order valence-corrected chi connectivity index (χ0v) is 21.2. The molecule has 0 atom stereocenters. The van der Waals surface area contributed by atoms with Gasteiger partial charge in [0.25, 0.3) is 0 Å². The van der Waals surface area contributed by atoms with E-state index in [1.165, 1.54) is 0 Å². The van der Waals surface area contributed by atoms with E-state index in [0.29, 0.717) is 25.9 Å². The van der Waals surface area contributed by atoms with Crippen molar-refractivity contribution in [1.82, 2.24) is 29.5 Å². The molecule has 8 heteroatoms. The number of fused-ring (bicyclic) bond motifs is 3. The Hall–Kier alpha value is -3.55. The summed E-state index contributed by atoms with van der Waals surface area (Å²) in [6.07, 6.45) is 1.14. The van der Waals surface area contributed by atoms with Gasteiger partial charge in [-0.15, -0.1) is 0 Å². The Morgan fingerprint density at radius 2 is 1.74 bits per heavy atom. The van der Waals surface area contributed by atoms with Gasteiger partial charge >= 0.3 is 0 Å². The third kappa shape index (κ3) is 4.45. The summed E-state index contributed by atoms with van der Waals surface area (Å²) in [5.74, 6) is 2.32. The molecule has 1 aliphatic heterocycles. The molecule has 0 bridgehead atoms. The maximum absolute atomic E-state index is 13.1. The van der Waals surface area contributed by atoms with Gasteiger partial charge in [-0.25, -0.2) is 19.5 Å². The number of benzene rings is 1. The molecular weight excluding hydrogens is 438 g/mol. The van der Waals surface area contributed by atoms with Crippen LogP contribution in [0.3, 0.4) is 0 Å². The maximum atomic E-state index is 13.1. The molecule has 0 unspecified atom stereocenters. The summed E-state index contributed by atoms with van der Waals surface area (Å²) in [6.45, 7) is 13.3. The normalized spacial score (nSPS) is 14.5. The molecule has 1 aliphatic rings. The minimum absolute atomic E-state index is 0.191. The first kappa shape index (κ1) is 23.2. The first-order chi connectivity index (χ1) is 16.8. The zero-order valence-electron chi connectivity index (χ0n) is 21.2. The second-order valence-corrected chi connectivity index (χ2v) is 9.76. The standard InChI is InChI=1S/C27H33N7O/c1-17(2)26-28-18(3)16-24(30-26)32-12-14-33(15-13-32)25(35)11-10-21-19(4)29-27-22-8-6-7-9-23(22)31-34(27)20(21)5/h6-9,16-17H,10-15H2,1-5H3. The summed E-state index contributed by atoms with van der Waals surface area (Å²) in [4.78, 5) is 31.5. The highest BCUT2D eigenvalue weighted by Crippen LogP contribution is 2.24. The number of aromatic nitrogens is 5. The van der Waals surface area contributed by atoms with Gasteiger partial charge in [-0.05, 0) is 44.9 Å². The summed E-state index contributed by atoms with van der Waals surface area (Å²) in [6, 6.07) is 10.1. The number of carbonyl (C=O) groups is 1. The van der Waals surface area contributed by atoms with E-state index in [2.05, 4.69) is 36.7 Å². The second kappa shape index (κ2) is 9.24. The van der Waals surface area contributed by atoms with Gasteiger partial charge in [0.1, 0.15) is 11.6 Å². The lowest BCUT2D eigenvalue weighted by Crippen LogP contribution is -2.49. The topological polar surface area (TPSA) is 79.5 Å². The molecule has 3 aromatic heterocycles. The van der Waals surface area contributed by atoms with E-state index in [-0.39, 0.29) is 11.8 Å². The summed E-state index contributed by atoms with van der Waals surface area (Å²) in [7, 11) is 0. The van der Waals surface area contributed by atoms with Gasteiger partial charge in [0.15, 0.2) is 5.65 Å². The minimum Gasteiger partial charge on any atom is -0.353 e. The minimum atomic E-state index is 0.191. The number of hydrogen-bond acceptors (Lipinski definition) is 6. The fraction of sp³-hybridized carbons (Fsp3) is 0.444. The highest BCUT2D eigenvalue weighted by atomic mass is 16.2. The molecule has 35 heavy (non-hydrogen) atoms. The van der Waals surface area contributed by atoms with Crippen molar-refractivity contribution < 1.29 is 4.79 Å². The van der Waals surface area contributed by atoms with Gasteiger partial charge in [0.2, 0.25) is 5.91 Å². The Morgan fingerprint density at radius 1 is 1.00 bits per heavy atom. The van der Waals surface area contributed by atoms with Gasteiger partial charge in [-0.3, -0.25) is 4.79 Å². The quantitative estimate of drug-likeness (QED) is 0.438. The van der Waals surface area contributed by atoms with E-state index in [9.17, 15) is 4.79 Å². The SMILES string of the molecule is Cc1cc(N2CCN(C(=O)CCc3c(C)nc4c5ccccc5nn4c3C)CC2)nc(C(C)C)n1. The Morgan fingerprint density at radius 3 is 2.49 bits per heavy atom. The fourth-order valence-electron chi connectivity index (χ4n) is 4.91. The Kier molecular flexibility index (Phi) is 6.13. The Bertz CT molecular complexity index is 1400. The van der Waals surface area contributed by atoms with E-state index in [4.69, 9.17) is 15.1 Å². The van der Waals surface area contributed by atoms with Crippen LogP contribution in [0.1, 0.15) is 54.7 Å². The number of rotatable bonds is 5. The molecule has 0 N–H and O–H groups in total. The van der Waals surface area contributed by atoms with Crippen LogP contribution in [0.15, 0.2) is 30.3 Å². The van der Waals surface area contributed by atoms with Gasteiger partial charge < -0.3 is 9.80 Å². The predicted molar refractivity (Wildman–Crippen MR) is 138 cm³/mol. The Balaban J connectivity index is 1.25. The third-order valence-electron chi connectivity index (χ3n) is 6.94. The number of hydrogen-bond donors (Lipinski definition) is 0. The molecule has 8 nitrogen and oxygen atoms in total. The monoisotopic (exact) mass is 471 g/mol. The predicted octanol–water partition coefficient (Wildman–Crippen LogP) is 4.00. The van der Waals surface area contributed by atoms with Crippen molar-refractivity contribution in [2.75, 3.05) is 31.1 Å². The third-order valence-corrected chi connectivity index (χ3v) is 6.94. The number of aryl methyl sites for hydroxylation is 3. The average molecular weight is 472 g/mol. The van der Waals surface area contributed by atoms with Crippen molar-refractivity contribution >= 4 is 28.3 Å². The number of carbonyl (C=O) groups excluding carboxylic acids is 1. The molecule has 182 valence electrons. The molecule has 0 saturated carbocycles. The summed E-state index contributed by atoms with van der Waals surface area (Å²) >= 11 is 0. The van der Waals surface area contributed by atoms with Crippen LogP contribution in [0.25, 0.3) is 16.6 Å². The van der Waals surface area contributed by atoms with Crippen molar-refractivity contribution in [2.24, 2.45) is 0 Å². The molecule has 1 fully saturated rings. The number of anilines is 1. The van der Waals surface area contributed by atoms with E-state index < -0.39 is 0 Å². The Labute approximate surface area is 206 Å². The largest absolute Gasteiger partial charge is 0.353 e. The molecule has 0 aliphatic carbocycles. The molecular formula is C27H33N7O. The molecule has 1 saturated heterocycles. The molecule has 0 radical (unpaired) electrons. The van der Waals surface area contributed by atoms with Crippen molar-refractivity contribution in [2.45, 2.75) is 53.4 Å². The van der Waals surface area contributed by atoms with Gasteiger partial charge in [0.05, 0.1) is 5.52 Å². The van der Waals surface area contributed by atoms with Crippen LogP contribution in [0, 0.1) is 20.8 Å². The van der Waals surface area contributed by atoms with Crippen LogP contribution >= 0.6 is 0 Å². The van der Waals surface area contributed by atoms with Crippen LogP contribution in [0.2, 0.25) is 0 Å². The summed E-state index contributed by atoms with van der Waals surface area (Å²) < 4.78 is 1.92. The lowest BCUT2D eigenvalue weighted by molar-refractivity contribution is -0.131. The zero-order chi connectivity index (χ0) is 24.7. The van der Waals surface area contributed by atoms with Crippen LogP contribution in [0.4, 0.5) is 5.82 Å².